The van der Waals surface area contributed by atoms with Gasteiger partial charge < -0.3 is 0 Å². The molecule has 0 aromatic heterocycles. The first kappa shape index (κ1) is 12.5. The molecule has 0 radical (unpaired) electrons. The number of hydrogen-bond acceptors (Lipinski definition) is 0. The van der Waals surface area contributed by atoms with E-state index in [0.29, 0.717) is 0 Å². The molecule has 0 heteroatoms. The highest BCUT2D eigenvalue weighted by atomic mass is 13.9. The van der Waals surface area contributed by atoms with Crippen molar-refractivity contribution in [2.45, 2.75) is 25.7 Å². The Morgan fingerprint density at radius 3 is 1.06 bits per heavy atom. The summed E-state index contributed by atoms with van der Waals surface area (Å²) in [4.78, 5) is 0. The predicted molar refractivity (Wildman–Crippen MR) is 73.3 cm³/mol. The van der Waals surface area contributed by atoms with Gasteiger partial charge in [-0.25, -0.2) is 0 Å². The molecule has 84 valence electrons. The van der Waals surface area contributed by atoms with E-state index >= 15 is 0 Å². The maximum Gasteiger partial charge on any atom is -0.0347 e. The minimum atomic E-state index is 1.18. The molecule has 1 rings (SSSR count). The van der Waals surface area contributed by atoms with Crippen LogP contribution in [0.3, 0.4) is 0 Å². The van der Waals surface area contributed by atoms with Crippen molar-refractivity contribution in [3.05, 3.63) is 72.9 Å². The molecular weight excluding hydrogens is 192 g/mol. The van der Waals surface area contributed by atoms with Gasteiger partial charge in [0, 0.05) is 0 Å². The van der Waals surface area contributed by atoms with Gasteiger partial charge in [0.05, 0.1) is 0 Å². The largest absolute Gasteiger partial charge is 0.0845 e. The van der Waals surface area contributed by atoms with E-state index in [9.17, 15) is 0 Å². The average Bonchev–Trinajstić information content (AvgIpc) is 2.29. The van der Waals surface area contributed by atoms with E-state index in [1.54, 1.807) is 0 Å². The smallest absolute Gasteiger partial charge is 0.0347 e. The third kappa shape index (κ3) is 7.81. The van der Waals surface area contributed by atoms with E-state index in [4.69, 9.17) is 0 Å². The number of hydrogen-bond donors (Lipinski definition) is 0. The van der Waals surface area contributed by atoms with E-state index in [-0.39, 0.29) is 0 Å². The van der Waals surface area contributed by atoms with Gasteiger partial charge in [0.2, 0.25) is 0 Å². The molecule has 0 fully saturated rings. The molecule has 0 aromatic carbocycles. The van der Waals surface area contributed by atoms with Crippen LogP contribution in [0.4, 0.5) is 0 Å². The Labute approximate surface area is 99.1 Å². The van der Waals surface area contributed by atoms with Gasteiger partial charge >= 0.3 is 0 Å². The van der Waals surface area contributed by atoms with Gasteiger partial charge in [0.1, 0.15) is 0 Å². The zero-order valence-electron chi connectivity index (χ0n) is 9.76. The minimum Gasteiger partial charge on any atom is -0.0845 e. The number of allylic oxidation sites excluding steroid dienone is 12. The molecule has 0 saturated heterocycles. The van der Waals surface area contributed by atoms with Crippen molar-refractivity contribution in [3.8, 4) is 0 Å². The molecule has 1 aliphatic rings. The molecule has 0 aliphatic heterocycles. The van der Waals surface area contributed by atoms with Crippen molar-refractivity contribution < 1.29 is 0 Å². The molecule has 0 atom stereocenters. The van der Waals surface area contributed by atoms with Crippen molar-refractivity contribution >= 4 is 0 Å². The van der Waals surface area contributed by atoms with Crippen LogP contribution in [0.1, 0.15) is 25.7 Å². The Morgan fingerprint density at radius 2 is 0.688 bits per heavy atom. The van der Waals surface area contributed by atoms with Crippen molar-refractivity contribution in [2.24, 2.45) is 0 Å². The second-order valence-electron chi connectivity index (χ2n) is 3.68. The molecule has 0 N–H and O–H groups in total. The van der Waals surface area contributed by atoms with Crippen LogP contribution in [-0.4, -0.2) is 0 Å². The fourth-order valence-corrected chi connectivity index (χ4v) is 1.39. The van der Waals surface area contributed by atoms with Crippen LogP contribution >= 0.6 is 0 Å². The van der Waals surface area contributed by atoms with Crippen LogP contribution < -0.4 is 0 Å². The average molecular weight is 212 g/mol. The monoisotopic (exact) mass is 212 g/mol. The molecule has 0 amide bonds. The highest BCUT2D eigenvalue weighted by molar-refractivity contribution is 5.19. The molecule has 0 aromatic rings. The maximum atomic E-state index is 2.23. The molecule has 0 heterocycles. The summed E-state index contributed by atoms with van der Waals surface area (Å²) >= 11 is 0. The van der Waals surface area contributed by atoms with Crippen LogP contribution in [0, 0.1) is 0 Å². The van der Waals surface area contributed by atoms with Crippen molar-refractivity contribution in [1.29, 1.82) is 0 Å². The quantitative estimate of drug-likeness (QED) is 0.536. The topological polar surface area (TPSA) is 0 Å². The highest BCUT2D eigenvalue weighted by Gasteiger charge is 1.82. The lowest BCUT2D eigenvalue weighted by Crippen LogP contribution is -1.71. The summed E-state index contributed by atoms with van der Waals surface area (Å²) in [7, 11) is 0. The summed E-state index contributed by atoms with van der Waals surface area (Å²) in [5.41, 5.74) is 0. The third-order valence-electron chi connectivity index (χ3n) is 2.26. The Bertz CT molecular complexity index is 288. The van der Waals surface area contributed by atoms with Gasteiger partial charge in [-0.2, -0.15) is 0 Å². The molecule has 0 bridgehead atoms. The first-order valence-corrected chi connectivity index (χ1v) is 5.98. The van der Waals surface area contributed by atoms with Crippen molar-refractivity contribution in [1.82, 2.24) is 0 Å². The van der Waals surface area contributed by atoms with E-state index < -0.39 is 0 Å². The molecule has 16 heavy (non-hydrogen) atoms. The normalized spacial score (nSPS) is 28.0. The van der Waals surface area contributed by atoms with E-state index in [2.05, 4.69) is 48.6 Å². The second kappa shape index (κ2) is 9.97. The SMILES string of the molecule is C1=CCCCC\C=C/C=C/C=C/C=C\C=C\1. The summed E-state index contributed by atoms with van der Waals surface area (Å²) in [5, 5.41) is 0. The summed E-state index contributed by atoms with van der Waals surface area (Å²) in [6, 6.07) is 0. The summed E-state index contributed by atoms with van der Waals surface area (Å²) in [6.45, 7) is 0. The molecule has 0 unspecified atom stereocenters. The fourth-order valence-electron chi connectivity index (χ4n) is 1.39. The Balaban J connectivity index is 2.48. The van der Waals surface area contributed by atoms with E-state index in [1.807, 2.05) is 24.3 Å². The van der Waals surface area contributed by atoms with Crippen molar-refractivity contribution in [2.75, 3.05) is 0 Å². The van der Waals surface area contributed by atoms with Crippen LogP contribution in [0.25, 0.3) is 0 Å². The Hall–Kier alpha value is -1.56. The van der Waals surface area contributed by atoms with E-state index in [1.165, 1.54) is 25.7 Å². The lowest BCUT2D eigenvalue weighted by molar-refractivity contribution is 0.762. The fraction of sp³-hybridized carbons (Fsp3) is 0.250. The zero-order chi connectivity index (χ0) is 11.3. The molecule has 0 nitrogen and oxygen atoms in total. The third-order valence-corrected chi connectivity index (χ3v) is 2.26. The number of rotatable bonds is 0. The predicted octanol–water partition coefficient (Wildman–Crippen LogP) is 4.90. The van der Waals surface area contributed by atoms with Crippen LogP contribution in [0.2, 0.25) is 0 Å². The van der Waals surface area contributed by atoms with Gasteiger partial charge in [0.25, 0.3) is 0 Å². The van der Waals surface area contributed by atoms with Gasteiger partial charge in [-0.05, 0) is 25.7 Å². The molecular formula is C16H20. The van der Waals surface area contributed by atoms with Crippen molar-refractivity contribution in [3.63, 3.8) is 0 Å². The van der Waals surface area contributed by atoms with E-state index in [0.717, 1.165) is 0 Å². The van der Waals surface area contributed by atoms with Crippen LogP contribution in [0.5, 0.6) is 0 Å². The van der Waals surface area contributed by atoms with Crippen LogP contribution in [0.15, 0.2) is 72.9 Å². The second-order valence-corrected chi connectivity index (χ2v) is 3.68. The van der Waals surface area contributed by atoms with Gasteiger partial charge in [-0.15, -0.1) is 0 Å². The zero-order valence-corrected chi connectivity index (χ0v) is 9.76. The van der Waals surface area contributed by atoms with Gasteiger partial charge in [-0.1, -0.05) is 72.9 Å². The first-order valence-electron chi connectivity index (χ1n) is 5.98. The highest BCUT2D eigenvalue weighted by Crippen LogP contribution is 2.02. The lowest BCUT2D eigenvalue weighted by atomic mass is 10.2. The van der Waals surface area contributed by atoms with Crippen LogP contribution in [-0.2, 0) is 0 Å². The maximum absolute atomic E-state index is 2.23. The standard InChI is InChI=1S/C16H20/c1-2-4-6-8-10-12-14-16-15-13-11-9-7-5-3-1/h1-12H,13-16H2/b3-1-,4-2+,7-5+,8-6+,11-9?,12-10-. The first-order chi connectivity index (χ1) is 8.00. The van der Waals surface area contributed by atoms with Gasteiger partial charge in [0.15, 0.2) is 0 Å². The Kier molecular flexibility index (Phi) is 7.80. The Morgan fingerprint density at radius 1 is 0.375 bits per heavy atom. The summed E-state index contributed by atoms with van der Waals surface area (Å²) < 4.78 is 0. The summed E-state index contributed by atoms with van der Waals surface area (Å²) in [5.74, 6) is 0. The summed E-state index contributed by atoms with van der Waals surface area (Å²) in [6.07, 6.45) is 30.0. The lowest BCUT2D eigenvalue weighted by Gasteiger charge is -1.91. The molecule has 1 aliphatic carbocycles. The molecule has 0 saturated carbocycles. The molecule has 0 spiro atoms. The minimum absolute atomic E-state index is 1.18. The van der Waals surface area contributed by atoms with Gasteiger partial charge in [-0.3, -0.25) is 0 Å².